The summed E-state index contributed by atoms with van der Waals surface area (Å²) in [7, 11) is 0.238. The normalized spacial score (nSPS) is 22.4. The molecule has 0 spiro atoms. The maximum atomic E-state index is 12.0. The summed E-state index contributed by atoms with van der Waals surface area (Å²) in [6.07, 6.45) is 5.81. The molecular weight excluding hydrogens is 250 g/mol. The summed E-state index contributed by atoms with van der Waals surface area (Å²) in [5.74, 6) is 0.787. The van der Waals surface area contributed by atoms with Crippen LogP contribution >= 0.6 is 0 Å². The third-order valence-electron chi connectivity index (χ3n) is 4.25. The van der Waals surface area contributed by atoms with Gasteiger partial charge in [-0.2, -0.15) is 12.7 Å². The maximum Gasteiger partial charge on any atom is 0.279 e. The van der Waals surface area contributed by atoms with Crippen LogP contribution in [0.3, 0.4) is 0 Å². The van der Waals surface area contributed by atoms with Gasteiger partial charge in [-0.05, 0) is 57.0 Å². The van der Waals surface area contributed by atoms with Crippen molar-refractivity contribution >= 4 is 10.2 Å². The fraction of sp³-hybridized carbons (Fsp3) is 1.00. The number of nitrogens with one attached hydrogen (secondary N) is 2. The van der Waals surface area contributed by atoms with Crippen LogP contribution in [0.5, 0.6) is 0 Å². The van der Waals surface area contributed by atoms with Gasteiger partial charge in [0.25, 0.3) is 10.2 Å². The number of hydrogen-bond donors (Lipinski definition) is 2. The van der Waals surface area contributed by atoms with Crippen molar-refractivity contribution in [2.75, 3.05) is 33.7 Å². The van der Waals surface area contributed by atoms with Gasteiger partial charge < -0.3 is 5.32 Å². The van der Waals surface area contributed by atoms with E-state index in [1.165, 1.54) is 30.0 Å². The Bertz CT molecular complexity index is 375. The summed E-state index contributed by atoms with van der Waals surface area (Å²) in [5, 5.41) is 3.02. The smallest absolute Gasteiger partial charge is 0.279 e. The molecule has 5 nitrogen and oxygen atoms in total. The Hall–Kier alpha value is -0.170. The van der Waals surface area contributed by atoms with E-state index in [9.17, 15) is 8.42 Å². The lowest BCUT2D eigenvalue weighted by Crippen LogP contribution is -2.42. The molecule has 0 heterocycles. The average molecular weight is 275 g/mol. The molecule has 2 aliphatic rings. The fourth-order valence-corrected chi connectivity index (χ4v) is 3.59. The highest BCUT2D eigenvalue weighted by atomic mass is 32.2. The van der Waals surface area contributed by atoms with Crippen molar-refractivity contribution in [3.05, 3.63) is 0 Å². The third kappa shape index (κ3) is 3.44. The zero-order valence-corrected chi connectivity index (χ0v) is 12.2. The van der Waals surface area contributed by atoms with E-state index < -0.39 is 10.2 Å². The molecule has 6 heteroatoms. The fourth-order valence-electron chi connectivity index (χ4n) is 2.53. The first-order valence-electron chi connectivity index (χ1n) is 6.86. The van der Waals surface area contributed by atoms with E-state index in [2.05, 4.69) is 10.0 Å². The monoisotopic (exact) mass is 275 g/mol. The van der Waals surface area contributed by atoms with Crippen LogP contribution in [0.2, 0.25) is 0 Å². The highest BCUT2D eigenvalue weighted by Crippen LogP contribution is 2.60. The quantitative estimate of drug-likeness (QED) is 0.604. The lowest BCUT2D eigenvalue weighted by atomic mass is 10.0. The third-order valence-corrected chi connectivity index (χ3v) is 5.76. The van der Waals surface area contributed by atoms with E-state index in [0.29, 0.717) is 18.5 Å². The molecule has 0 bridgehead atoms. The van der Waals surface area contributed by atoms with Gasteiger partial charge in [-0.1, -0.05) is 0 Å². The van der Waals surface area contributed by atoms with Gasteiger partial charge in [-0.3, -0.25) is 0 Å². The van der Waals surface area contributed by atoms with Crippen molar-refractivity contribution in [1.82, 2.24) is 14.3 Å². The largest absolute Gasteiger partial charge is 0.320 e. The molecular formula is C12H25N3O2S. The molecule has 0 saturated heterocycles. The van der Waals surface area contributed by atoms with Crippen LogP contribution in [0.1, 0.15) is 32.1 Å². The highest BCUT2D eigenvalue weighted by Gasteiger charge is 2.53. The van der Waals surface area contributed by atoms with Gasteiger partial charge in [0.05, 0.1) is 0 Å². The van der Waals surface area contributed by atoms with E-state index in [1.54, 1.807) is 7.05 Å². The molecule has 0 unspecified atom stereocenters. The first-order chi connectivity index (χ1) is 8.50. The number of hydrogen-bond acceptors (Lipinski definition) is 3. The second-order valence-electron chi connectivity index (χ2n) is 5.74. The lowest BCUT2D eigenvalue weighted by molar-refractivity contribution is 0.407. The molecule has 0 aromatic heterocycles. The van der Waals surface area contributed by atoms with Gasteiger partial charge in [0.2, 0.25) is 0 Å². The molecule has 2 saturated carbocycles. The highest BCUT2D eigenvalue weighted by molar-refractivity contribution is 7.87. The molecule has 2 aliphatic carbocycles. The van der Waals surface area contributed by atoms with Gasteiger partial charge in [0.1, 0.15) is 0 Å². The minimum absolute atomic E-state index is 0.318. The van der Waals surface area contributed by atoms with Crippen molar-refractivity contribution in [3.8, 4) is 0 Å². The second-order valence-corrected chi connectivity index (χ2v) is 7.60. The Morgan fingerprint density at radius 3 is 2.50 bits per heavy atom. The first-order valence-corrected chi connectivity index (χ1v) is 8.30. The standard InChI is InChI=1S/C12H25N3O2S/c1-13-8-3-9-15(2)18(16,17)14-10-12(6-7-12)11-4-5-11/h11,13-14H,3-10H2,1-2H3. The molecule has 0 aliphatic heterocycles. The molecule has 0 aromatic carbocycles. The van der Waals surface area contributed by atoms with Crippen LogP contribution in [0.4, 0.5) is 0 Å². The van der Waals surface area contributed by atoms with Crippen molar-refractivity contribution in [2.45, 2.75) is 32.1 Å². The van der Waals surface area contributed by atoms with Gasteiger partial charge >= 0.3 is 0 Å². The van der Waals surface area contributed by atoms with Crippen molar-refractivity contribution in [3.63, 3.8) is 0 Å². The molecule has 0 radical (unpaired) electrons. The second kappa shape index (κ2) is 5.45. The van der Waals surface area contributed by atoms with E-state index in [4.69, 9.17) is 0 Å². The van der Waals surface area contributed by atoms with Crippen molar-refractivity contribution in [2.24, 2.45) is 11.3 Å². The van der Waals surface area contributed by atoms with Crippen LogP contribution < -0.4 is 10.0 Å². The predicted octanol–water partition coefficient (Wildman–Crippen LogP) is 0.552. The Kier molecular flexibility index (Phi) is 4.31. The first kappa shape index (κ1) is 14.2. The Labute approximate surface area is 110 Å². The van der Waals surface area contributed by atoms with Gasteiger partial charge in [0, 0.05) is 20.1 Å². The maximum absolute atomic E-state index is 12.0. The van der Waals surface area contributed by atoms with Crippen molar-refractivity contribution in [1.29, 1.82) is 0 Å². The molecule has 2 N–H and O–H groups in total. The molecule has 18 heavy (non-hydrogen) atoms. The summed E-state index contributed by atoms with van der Waals surface area (Å²) >= 11 is 0. The van der Waals surface area contributed by atoms with Gasteiger partial charge in [-0.15, -0.1) is 0 Å². The summed E-state index contributed by atoms with van der Waals surface area (Å²) in [4.78, 5) is 0. The average Bonchev–Trinajstić information content (AvgIpc) is 3.17. The Morgan fingerprint density at radius 1 is 1.33 bits per heavy atom. The zero-order valence-electron chi connectivity index (χ0n) is 11.4. The molecule has 2 rings (SSSR count). The molecule has 2 fully saturated rings. The van der Waals surface area contributed by atoms with E-state index in [0.717, 1.165) is 18.9 Å². The summed E-state index contributed by atoms with van der Waals surface area (Å²) < 4.78 is 28.3. The minimum atomic E-state index is -3.28. The van der Waals surface area contributed by atoms with Crippen LogP contribution in [-0.2, 0) is 10.2 Å². The number of rotatable bonds is 9. The van der Waals surface area contributed by atoms with E-state index >= 15 is 0 Å². The van der Waals surface area contributed by atoms with Crippen LogP contribution in [-0.4, -0.2) is 46.5 Å². The van der Waals surface area contributed by atoms with Crippen LogP contribution in [0.25, 0.3) is 0 Å². The zero-order chi connectivity index (χ0) is 13.2. The number of nitrogens with zero attached hydrogens (tertiary/aromatic N) is 1. The van der Waals surface area contributed by atoms with Gasteiger partial charge in [0.15, 0.2) is 0 Å². The Morgan fingerprint density at radius 2 is 2.00 bits per heavy atom. The van der Waals surface area contributed by atoms with E-state index in [-0.39, 0.29) is 0 Å². The summed E-state index contributed by atoms with van der Waals surface area (Å²) in [5.41, 5.74) is 0.318. The van der Waals surface area contributed by atoms with Crippen LogP contribution in [0.15, 0.2) is 0 Å². The summed E-state index contributed by atoms with van der Waals surface area (Å²) in [6, 6.07) is 0. The molecule has 0 amide bonds. The topological polar surface area (TPSA) is 61.4 Å². The van der Waals surface area contributed by atoms with Gasteiger partial charge in [-0.25, -0.2) is 4.72 Å². The van der Waals surface area contributed by atoms with Crippen molar-refractivity contribution < 1.29 is 8.42 Å². The molecule has 0 aromatic rings. The minimum Gasteiger partial charge on any atom is -0.320 e. The summed E-state index contributed by atoms with van der Waals surface area (Å²) in [6.45, 7) is 2.04. The van der Waals surface area contributed by atoms with E-state index in [1.807, 2.05) is 7.05 Å². The Balaban J connectivity index is 1.76. The molecule has 0 atom stereocenters. The predicted molar refractivity (Wildman–Crippen MR) is 72.5 cm³/mol. The lowest BCUT2D eigenvalue weighted by Gasteiger charge is -2.20. The molecule has 106 valence electrons. The van der Waals surface area contributed by atoms with Crippen LogP contribution in [0, 0.1) is 11.3 Å². The SMILES string of the molecule is CNCCCN(C)S(=O)(=O)NCC1(C2CC2)CC1.